The molecule has 4 heterocycles. The molecular weight excluding hydrogens is 461 g/mol. The van der Waals surface area contributed by atoms with E-state index in [2.05, 4.69) is 30.4 Å². The lowest BCUT2D eigenvalue weighted by atomic mass is 9.78. The van der Waals surface area contributed by atoms with Crippen LogP contribution in [0, 0.1) is 0 Å². The number of hydrogen-bond donors (Lipinski definition) is 2. The molecule has 0 bridgehead atoms. The first-order chi connectivity index (χ1) is 16.6. The predicted molar refractivity (Wildman–Crippen MR) is 123 cm³/mol. The number of nitrogen functional groups attached to an aromatic ring is 1. The lowest BCUT2D eigenvalue weighted by molar-refractivity contribution is -0.119. The van der Waals surface area contributed by atoms with E-state index in [9.17, 15) is 18.0 Å². The van der Waals surface area contributed by atoms with Crippen LogP contribution in [-0.4, -0.2) is 48.2 Å². The fraction of sp³-hybridized carbons (Fsp3) is 0.304. The van der Waals surface area contributed by atoms with E-state index in [4.69, 9.17) is 5.73 Å². The second kappa shape index (κ2) is 8.00. The molecule has 4 aromatic rings. The number of alkyl halides is 3. The van der Waals surface area contributed by atoms with Crippen LogP contribution in [0.5, 0.6) is 0 Å². The average molecular weight is 482 g/mol. The number of nitrogens with zero attached hydrogens (tertiary/aromatic N) is 6. The normalized spacial score (nSPS) is 17.6. The number of benzene rings is 1. The zero-order chi connectivity index (χ0) is 25.0. The molecule has 9 nitrogen and oxygen atoms in total. The largest absolute Gasteiger partial charge is 0.383 e. The molecule has 1 unspecified atom stereocenters. The van der Waals surface area contributed by atoms with Crippen LogP contribution in [0.2, 0.25) is 0 Å². The van der Waals surface area contributed by atoms with Crippen LogP contribution in [-0.2, 0) is 23.7 Å². The fourth-order valence-electron chi connectivity index (χ4n) is 4.27. The van der Waals surface area contributed by atoms with E-state index in [-0.39, 0.29) is 41.3 Å². The second-order valence-corrected chi connectivity index (χ2v) is 8.58. The highest BCUT2D eigenvalue weighted by atomic mass is 19.3. The minimum atomic E-state index is -3.48. The van der Waals surface area contributed by atoms with Gasteiger partial charge >= 0.3 is 0 Å². The highest BCUT2D eigenvalue weighted by molar-refractivity contribution is 6.09. The maximum atomic E-state index is 13.5. The summed E-state index contributed by atoms with van der Waals surface area (Å²) in [6.07, 6.45) is 0.476. The van der Waals surface area contributed by atoms with Gasteiger partial charge in [0.05, 0.1) is 17.1 Å². The fourth-order valence-corrected chi connectivity index (χ4v) is 4.27. The summed E-state index contributed by atoms with van der Waals surface area (Å²) < 4.78 is 41.1. The molecule has 1 atom stereocenters. The molecule has 0 saturated carbocycles. The summed E-state index contributed by atoms with van der Waals surface area (Å²) >= 11 is 0. The number of carbonyl (C=O) groups excluding carboxylic acids is 1. The van der Waals surface area contributed by atoms with Gasteiger partial charge in [-0.05, 0) is 12.5 Å². The van der Waals surface area contributed by atoms with Crippen molar-refractivity contribution in [2.24, 2.45) is 7.05 Å². The number of aryl methyl sites for hydroxylation is 2. The van der Waals surface area contributed by atoms with Gasteiger partial charge < -0.3 is 11.1 Å². The van der Waals surface area contributed by atoms with Crippen molar-refractivity contribution in [3.8, 4) is 11.5 Å². The Morgan fingerprint density at radius 3 is 2.60 bits per heavy atom. The van der Waals surface area contributed by atoms with Crippen molar-refractivity contribution in [1.29, 1.82) is 0 Å². The van der Waals surface area contributed by atoms with Gasteiger partial charge in [-0.25, -0.2) is 33.1 Å². The van der Waals surface area contributed by atoms with Crippen LogP contribution < -0.4 is 11.1 Å². The van der Waals surface area contributed by atoms with Crippen molar-refractivity contribution in [3.05, 3.63) is 53.5 Å². The van der Waals surface area contributed by atoms with Gasteiger partial charge in [0, 0.05) is 19.9 Å². The van der Waals surface area contributed by atoms with E-state index in [1.807, 2.05) is 30.3 Å². The van der Waals surface area contributed by atoms with Crippen molar-refractivity contribution in [2.45, 2.75) is 31.1 Å². The third-order valence-electron chi connectivity index (χ3n) is 6.23. The molecule has 3 N–H and O–H groups in total. The Morgan fingerprint density at radius 2 is 1.89 bits per heavy atom. The molecule has 1 amide bonds. The number of carbonyl (C=O) groups is 1. The van der Waals surface area contributed by atoms with E-state index in [0.29, 0.717) is 16.6 Å². The standard InChI is InChI=1S/C23H21F3N8O/c1-22(12-6-4-3-5-7-12)15-17(27)31-19(32-18(15)33-21(22)35)16-13-10-28-34(2)20(13)30-14(29-16)8-9-23(25,26)11-24/h3-7,10H,8-9,11H2,1-2H3,(H3,27,31,32,33,35). The lowest BCUT2D eigenvalue weighted by Gasteiger charge is -2.23. The van der Waals surface area contributed by atoms with Gasteiger partial charge in [-0.1, -0.05) is 30.3 Å². The summed E-state index contributed by atoms with van der Waals surface area (Å²) in [5.74, 6) is -3.32. The summed E-state index contributed by atoms with van der Waals surface area (Å²) in [6, 6.07) is 9.14. The molecule has 0 fully saturated rings. The van der Waals surface area contributed by atoms with Gasteiger partial charge in [0.15, 0.2) is 18.1 Å². The third-order valence-corrected chi connectivity index (χ3v) is 6.23. The first-order valence-electron chi connectivity index (χ1n) is 10.8. The lowest BCUT2D eigenvalue weighted by Crippen LogP contribution is -2.32. The van der Waals surface area contributed by atoms with E-state index in [1.165, 1.54) is 10.9 Å². The molecule has 0 aliphatic carbocycles. The molecule has 1 aromatic carbocycles. The molecule has 0 spiro atoms. The summed E-state index contributed by atoms with van der Waals surface area (Å²) in [7, 11) is 1.64. The first kappa shape index (κ1) is 22.7. The summed E-state index contributed by atoms with van der Waals surface area (Å²) in [6.45, 7) is -0.0196. The highest BCUT2D eigenvalue weighted by Gasteiger charge is 2.47. The number of nitrogens with two attached hydrogens (primary N) is 1. The first-order valence-corrected chi connectivity index (χ1v) is 10.8. The van der Waals surface area contributed by atoms with Crippen LogP contribution >= 0.6 is 0 Å². The Morgan fingerprint density at radius 1 is 1.14 bits per heavy atom. The number of amides is 1. The van der Waals surface area contributed by atoms with Crippen molar-refractivity contribution in [2.75, 3.05) is 17.7 Å². The number of hydrogen-bond acceptors (Lipinski definition) is 7. The smallest absolute Gasteiger partial charge is 0.276 e. The van der Waals surface area contributed by atoms with E-state index in [0.717, 1.165) is 5.56 Å². The van der Waals surface area contributed by atoms with Crippen LogP contribution in [0.15, 0.2) is 36.5 Å². The van der Waals surface area contributed by atoms with E-state index < -0.39 is 24.4 Å². The van der Waals surface area contributed by atoms with Crippen LogP contribution in [0.25, 0.3) is 22.6 Å². The van der Waals surface area contributed by atoms with Gasteiger partial charge in [-0.2, -0.15) is 5.10 Å². The van der Waals surface area contributed by atoms with Gasteiger partial charge in [-0.3, -0.25) is 9.48 Å². The number of aromatic nitrogens is 6. The van der Waals surface area contributed by atoms with Gasteiger partial charge in [0.1, 0.15) is 28.6 Å². The number of halogens is 3. The minimum absolute atomic E-state index is 0.0602. The Labute approximate surface area is 197 Å². The third kappa shape index (κ3) is 3.65. The van der Waals surface area contributed by atoms with Crippen molar-refractivity contribution in [3.63, 3.8) is 0 Å². The highest BCUT2D eigenvalue weighted by Crippen LogP contribution is 2.45. The predicted octanol–water partition coefficient (Wildman–Crippen LogP) is 3.20. The molecule has 5 rings (SSSR count). The zero-order valence-corrected chi connectivity index (χ0v) is 18.9. The molecule has 180 valence electrons. The average Bonchev–Trinajstić information content (AvgIpc) is 3.35. The van der Waals surface area contributed by atoms with Crippen LogP contribution in [0.3, 0.4) is 0 Å². The molecule has 35 heavy (non-hydrogen) atoms. The molecular formula is C23H21F3N8O. The quantitative estimate of drug-likeness (QED) is 0.432. The Hall–Kier alpha value is -4.09. The Bertz CT molecular complexity index is 1460. The van der Waals surface area contributed by atoms with Crippen molar-refractivity contribution >= 4 is 28.6 Å². The minimum Gasteiger partial charge on any atom is -0.383 e. The van der Waals surface area contributed by atoms with Gasteiger partial charge in [-0.15, -0.1) is 0 Å². The number of anilines is 2. The second-order valence-electron chi connectivity index (χ2n) is 8.58. The molecule has 12 heteroatoms. The topological polar surface area (TPSA) is 124 Å². The molecule has 1 aliphatic heterocycles. The van der Waals surface area contributed by atoms with Gasteiger partial charge in [0.25, 0.3) is 5.92 Å². The number of rotatable bonds is 6. The summed E-state index contributed by atoms with van der Waals surface area (Å²) in [5, 5.41) is 7.43. The van der Waals surface area contributed by atoms with Crippen molar-refractivity contribution in [1.82, 2.24) is 29.7 Å². The monoisotopic (exact) mass is 482 g/mol. The number of nitrogens with one attached hydrogen (secondary N) is 1. The van der Waals surface area contributed by atoms with E-state index >= 15 is 0 Å². The zero-order valence-electron chi connectivity index (χ0n) is 18.9. The number of fused-ring (bicyclic) bond motifs is 2. The molecule has 1 aliphatic rings. The summed E-state index contributed by atoms with van der Waals surface area (Å²) in [4.78, 5) is 30.7. The van der Waals surface area contributed by atoms with Crippen molar-refractivity contribution < 1.29 is 18.0 Å². The Kier molecular flexibility index (Phi) is 5.18. The molecule has 3 aromatic heterocycles. The maximum absolute atomic E-state index is 13.5. The van der Waals surface area contributed by atoms with E-state index in [1.54, 1.807) is 14.0 Å². The Balaban J connectivity index is 1.63. The van der Waals surface area contributed by atoms with Crippen LogP contribution in [0.4, 0.5) is 24.8 Å². The maximum Gasteiger partial charge on any atom is 0.276 e. The SMILES string of the molecule is Cn1ncc2c(-c3nc(N)c4c(n3)NC(=O)C4(C)c3ccccc3)nc(CCC(F)(F)CF)nc21. The van der Waals surface area contributed by atoms with Gasteiger partial charge in [0.2, 0.25) is 5.91 Å². The van der Waals surface area contributed by atoms with Crippen LogP contribution in [0.1, 0.15) is 30.3 Å². The molecule has 0 radical (unpaired) electrons. The summed E-state index contributed by atoms with van der Waals surface area (Å²) in [5.41, 5.74) is 7.02. The molecule has 0 saturated heterocycles.